The van der Waals surface area contributed by atoms with E-state index in [4.69, 9.17) is 5.73 Å². The molecule has 3 unspecified atom stereocenters. The molecular weight excluding hydrogens is 226 g/mol. The van der Waals surface area contributed by atoms with E-state index < -0.39 is 0 Å². The molecule has 18 heavy (non-hydrogen) atoms. The molecule has 0 aromatic heterocycles. The van der Waals surface area contributed by atoms with Crippen LogP contribution in [0.2, 0.25) is 0 Å². The molecule has 4 heteroatoms. The van der Waals surface area contributed by atoms with Crippen molar-refractivity contribution in [3.8, 4) is 0 Å². The molecule has 2 aliphatic rings. The first-order valence-electron chi connectivity index (χ1n) is 7.44. The van der Waals surface area contributed by atoms with Crippen molar-refractivity contribution in [1.82, 2.24) is 10.2 Å². The van der Waals surface area contributed by atoms with Crippen LogP contribution in [0.25, 0.3) is 0 Å². The Hall–Kier alpha value is -0.610. The van der Waals surface area contributed by atoms with Crippen LogP contribution in [0.4, 0.5) is 0 Å². The average Bonchev–Trinajstić information content (AvgIpc) is 2.75. The molecule has 4 nitrogen and oxygen atoms in total. The van der Waals surface area contributed by atoms with Crippen LogP contribution in [-0.2, 0) is 4.79 Å². The smallest absolute Gasteiger partial charge is 0.220 e. The highest BCUT2D eigenvalue weighted by molar-refractivity contribution is 5.76. The highest BCUT2D eigenvalue weighted by Gasteiger charge is 2.31. The third kappa shape index (κ3) is 3.95. The Kier molecular flexibility index (Phi) is 5.01. The van der Waals surface area contributed by atoms with Gasteiger partial charge in [0.2, 0.25) is 5.91 Å². The number of nitrogens with two attached hydrogens (primary N) is 1. The molecule has 0 bridgehead atoms. The van der Waals surface area contributed by atoms with E-state index in [1.54, 1.807) is 0 Å². The van der Waals surface area contributed by atoms with Gasteiger partial charge in [0, 0.05) is 31.1 Å². The standard InChI is InChI=1S/C14H27N3O/c1-11(15)4-2-6-14(18)16-12-7-9-17-8-3-5-13(17)10-12/h11-13H,2-10,15H2,1H3,(H,16,18). The largest absolute Gasteiger partial charge is 0.353 e. The third-order valence-corrected chi connectivity index (χ3v) is 4.25. The SMILES string of the molecule is CC(N)CCCC(=O)NC1CCN2CCCC2C1. The van der Waals surface area contributed by atoms with E-state index in [1.165, 1.54) is 19.4 Å². The van der Waals surface area contributed by atoms with Gasteiger partial charge in [-0.15, -0.1) is 0 Å². The molecule has 0 aliphatic carbocycles. The fourth-order valence-corrected chi connectivity index (χ4v) is 3.24. The van der Waals surface area contributed by atoms with Crippen molar-refractivity contribution < 1.29 is 4.79 Å². The van der Waals surface area contributed by atoms with Crippen LogP contribution in [-0.4, -0.2) is 42.0 Å². The van der Waals surface area contributed by atoms with E-state index in [0.717, 1.165) is 38.3 Å². The van der Waals surface area contributed by atoms with Gasteiger partial charge in [0.1, 0.15) is 0 Å². The number of nitrogens with one attached hydrogen (secondary N) is 1. The van der Waals surface area contributed by atoms with Gasteiger partial charge in [0.15, 0.2) is 0 Å². The quantitative estimate of drug-likeness (QED) is 0.775. The number of rotatable bonds is 5. The first-order valence-corrected chi connectivity index (χ1v) is 7.44. The maximum atomic E-state index is 11.8. The normalized spacial score (nSPS) is 29.9. The molecule has 0 saturated carbocycles. The Morgan fingerprint density at radius 3 is 3.06 bits per heavy atom. The number of carbonyl (C=O) groups excluding carboxylic acids is 1. The summed E-state index contributed by atoms with van der Waals surface area (Å²) in [7, 11) is 0. The van der Waals surface area contributed by atoms with E-state index in [1.807, 2.05) is 6.92 Å². The fourth-order valence-electron chi connectivity index (χ4n) is 3.24. The summed E-state index contributed by atoms with van der Waals surface area (Å²) >= 11 is 0. The molecule has 3 atom stereocenters. The van der Waals surface area contributed by atoms with E-state index in [-0.39, 0.29) is 11.9 Å². The second-order valence-electron chi connectivity index (χ2n) is 5.99. The Labute approximate surface area is 110 Å². The molecule has 2 aliphatic heterocycles. The monoisotopic (exact) mass is 253 g/mol. The van der Waals surface area contributed by atoms with Crippen molar-refractivity contribution in [3.05, 3.63) is 0 Å². The second kappa shape index (κ2) is 6.53. The number of piperidine rings is 1. The van der Waals surface area contributed by atoms with Crippen LogP contribution >= 0.6 is 0 Å². The predicted octanol–water partition coefficient (Wildman–Crippen LogP) is 1.25. The summed E-state index contributed by atoms with van der Waals surface area (Å²) in [6, 6.07) is 1.35. The lowest BCUT2D eigenvalue weighted by atomic mass is 9.97. The third-order valence-electron chi connectivity index (χ3n) is 4.25. The molecule has 0 spiro atoms. The van der Waals surface area contributed by atoms with Crippen LogP contribution in [0, 0.1) is 0 Å². The molecular formula is C14H27N3O. The molecule has 3 N–H and O–H groups in total. The zero-order valence-electron chi connectivity index (χ0n) is 11.5. The molecule has 2 rings (SSSR count). The van der Waals surface area contributed by atoms with Gasteiger partial charge < -0.3 is 16.0 Å². The summed E-state index contributed by atoms with van der Waals surface area (Å²) in [6.07, 6.45) is 7.40. The summed E-state index contributed by atoms with van der Waals surface area (Å²) in [5.41, 5.74) is 5.68. The summed E-state index contributed by atoms with van der Waals surface area (Å²) in [4.78, 5) is 14.4. The maximum Gasteiger partial charge on any atom is 0.220 e. The minimum atomic E-state index is 0.208. The van der Waals surface area contributed by atoms with Gasteiger partial charge in [-0.05, 0) is 52.0 Å². The predicted molar refractivity (Wildman–Crippen MR) is 73.3 cm³/mol. The van der Waals surface area contributed by atoms with Gasteiger partial charge in [0.05, 0.1) is 0 Å². The van der Waals surface area contributed by atoms with Crippen molar-refractivity contribution in [2.24, 2.45) is 5.73 Å². The molecule has 0 aromatic rings. The van der Waals surface area contributed by atoms with Crippen LogP contribution < -0.4 is 11.1 Å². The molecule has 0 aromatic carbocycles. The first-order chi connectivity index (χ1) is 8.65. The minimum absolute atomic E-state index is 0.208. The number of hydrogen-bond donors (Lipinski definition) is 2. The molecule has 104 valence electrons. The molecule has 0 radical (unpaired) electrons. The van der Waals surface area contributed by atoms with Crippen LogP contribution in [0.1, 0.15) is 51.9 Å². The zero-order valence-corrected chi connectivity index (χ0v) is 11.5. The Balaban J connectivity index is 1.65. The Morgan fingerprint density at radius 1 is 1.44 bits per heavy atom. The van der Waals surface area contributed by atoms with Crippen molar-refractivity contribution in [3.63, 3.8) is 0 Å². The zero-order chi connectivity index (χ0) is 13.0. The summed E-state index contributed by atoms with van der Waals surface area (Å²) in [6.45, 7) is 4.42. The Morgan fingerprint density at radius 2 is 2.28 bits per heavy atom. The lowest BCUT2D eigenvalue weighted by molar-refractivity contribution is -0.122. The maximum absolute atomic E-state index is 11.8. The van der Waals surface area contributed by atoms with Gasteiger partial charge in [0.25, 0.3) is 0 Å². The number of amides is 1. The first kappa shape index (κ1) is 13.8. The van der Waals surface area contributed by atoms with Crippen molar-refractivity contribution in [2.75, 3.05) is 13.1 Å². The number of nitrogens with zero attached hydrogens (tertiary/aromatic N) is 1. The topological polar surface area (TPSA) is 58.4 Å². The second-order valence-corrected chi connectivity index (χ2v) is 5.99. The minimum Gasteiger partial charge on any atom is -0.353 e. The van der Waals surface area contributed by atoms with E-state index in [9.17, 15) is 4.79 Å². The van der Waals surface area contributed by atoms with Gasteiger partial charge in [-0.1, -0.05) is 0 Å². The van der Waals surface area contributed by atoms with E-state index >= 15 is 0 Å². The average molecular weight is 253 g/mol. The van der Waals surface area contributed by atoms with Crippen LogP contribution in [0.5, 0.6) is 0 Å². The summed E-state index contributed by atoms with van der Waals surface area (Å²) in [5, 5.41) is 3.20. The fraction of sp³-hybridized carbons (Fsp3) is 0.929. The van der Waals surface area contributed by atoms with Gasteiger partial charge in [-0.2, -0.15) is 0 Å². The van der Waals surface area contributed by atoms with Gasteiger partial charge in [-0.25, -0.2) is 0 Å². The van der Waals surface area contributed by atoms with E-state index in [2.05, 4.69) is 10.2 Å². The van der Waals surface area contributed by atoms with Crippen molar-refractivity contribution in [2.45, 2.75) is 70.0 Å². The van der Waals surface area contributed by atoms with Gasteiger partial charge >= 0.3 is 0 Å². The van der Waals surface area contributed by atoms with Crippen molar-refractivity contribution in [1.29, 1.82) is 0 Å². The molecule has 2 saturated heterocycles. The molecule has 1 amide bonds. The lowest BCUT2D eigenvalue weighted by Crippen LogP contribution is -2.47. The summed E-state index contributed by atoms with van der Waals surface area (Å²) < 4.78 is 0. The van der Waals surface area contributed by atoms with Crippen LogP contribution in [0.15, 0.2) is 0 Å². The number of carbonyl (C=O) groups is 1. The van der Waals surface area contributed by atoms with Gasteiger partial charge in [-0.3, -0.25) is 4.79 Å². The van der Waals surface area contributed by atoms with Crippen molar-refractivity contribution >= 4 is 5.91 Å². The van der Waals surface area contributed by atoms with E-state index in [0.29, 0.717) is 12.5 Å². The highest BCUT2D eigenvalue weighted by atomic mass is 16.1. The lowest BCUT2D eigenvalue weighted by Gasteiger charge is -2.35. The molecule has 2 heterocycles. The van der Waals surface area contributed by atoms with Crippen LogP contribution in [0.3, 0.4) is 0 Å². The highest BCUT2D eigenvalue weighted by Crippen LogP contribution is 2.26. The number of hydrogen-bond acceptors (Lipinski definition) is 3. The Bertz CT molecular complexity index is 280. The number of fused-ring (bicyclic) bond motifs is 1. The molecule has 2 fully saturated rings. The summed E-state index contributed by atoms with van der Waals surface area (Å²) in [5.74, 6) is 0.215.